The third kappa shape index (κ3) is 1.39. The van der Waals surface area contributed by atoms with E-state index in [9.17, 15) is 4.39 Å². The summed E-state index contributed by atoms with van der Waals surface area (Å²) in [6.45, 7) is 6.33. The van der Waals surface area contributed by atoms with Crippen LogP contribution in [0, 0.1) is 11.7 Å². The molecule has 0 amide bonds. The van der Waals surface area contributed by atoms with Crippen molar-refractivity contribution in [2.45, 2.75) is 32.8 Å². The summed E-state index contributed by atoms with van der Waals surface area (Å²) in [6.07, 6.45) is 0.875. The van der Waals surface area contributed by atoms with Gasteiger partial charge in [0.05, 0.1) is 0 Å². The van der Waals surface area contributed by atoms with Gasteiger partial charge in [0.1, 0.15) is 17.2 Å². The lowest BCUT2D eigenvalue weighted by Crippen LogP contribution is -2.36. The molecule has 14 heavy (non-hydrogen) atoms. The predicted molar refractivity (Wildman–Crippen MR) is 54.0 cm³/mol. The maximum Gasteiger partial charge on any atom is 0.126 e. The summed E-state index contributed by atoms with van der Waals surface area (Å²) in [5.74, 6) is 0.913. The SMILES string of the molecule is CC(C)C1(C)Cc2ccc(F)cc2O1. The van der Waals surface area contributed by atoms with Gasteiger partial charge in [-0.25, -0.2) is 4.39 Å². The van der Waals surface area contributed by atoms with Crippen molar-refractivity contribution >= 4 is 0 Å². The van der Waals surface area contributed by atoms with Gasteiger partial charge < -0.3 is 4.74 Å². The molecule has 2 rings (SSSR count). The quantitative estimate of drug-likeness (QED) is 0.667. The van der Waals surface area contributed by atoms with E-state index in [1.807, 2.05) is 6.07 Å². The van der Waals surface area contributed by atoms with Crippen LogP contribution in [0.25, 0.3) is 0 Å². The van der Waals surface area contributed by atoms with Crippen LogP contribution in [0.4, 0.5) is 4.39 Å². The molecule has 1 aliphatic heterocycles. The molecule has 1 aliphatic rings. The Kier molecular flexibility index (Phi) is 2.02. The summed E-state index contributed by atoms with van der Waals surface area (Å²) in [6, 6.07) is 4.79. The molecule has 76 valence electrons. The average molecular weight is 194 g/mol. The van der Waals surface area contributed by atoms with Crippen molar-refractivity contribution in [2.24, 2.45) is 5.92 Å². The van der Waals surface area contributed by atoms with E-state index in [2.05, 4.69) is 20.8 Å². The molecule has 1 aromatic carbocycles. The fourth-order valence-electron chi connectivity index (χ4n) is 1.76. The van der Waals surface area contributed by atoms with Crippen molar-refractivity contribution in [2.75, 3.05) is 0 Å². The van der Waals surface area contributed by atoms with Crippen LogP contribution in [-0.4, -0.2) is 5.60 Å². The van der Waals surface area contributed by atoms with Crippen LogP contribution in [0.1, 0.15) is 26.3 Å². The van der Waals surface area contributed by atoms with E-state index < -0.39 is 0 Å². The second kappa shape index (κ2) is 2.97. The first-order valence-electron chi connectivity index (χ1n) is 4.99. The Balaban J connectivity index is 2.34. The van der Waals surface area contributed by atoms with Crippen LogP contribution in [-0.2, 0) is 6.42 Å². The van der Waals surface area contributed by atoms with Crippen LogP contribution < -0.4 is 4.74 Å². The molecule has 1 unspecified atom stereocenters. The third-order valence-electron chi connectivity index (χ3n) is 3.14. The highest BCUT2D eigenvalue weighted by Gasteiger charge is 2.37. The van der Waals surface area contributed by atoms with Crippen LogP contribution in [0.5, 0.6) is 5.75 Å². The van der Waals surface area contributed by atoms with E-state index in [0.29, 0.717) is 11.7 Å². The Labute approximate surface area is 83.9 Å². The summed E-state index contributed by atoms with van der Waals surface area (Å²) < 4.78 is 18.7. The number of hydrogen-bond donors (Lipinski definition) is 0. The zero-order chi connectivity index (χ0) is 10.3. The van der Waals surface area contributed by atoms with Gasteiger partial charge in [-0.3, -0.25) is 0 Å². The molecule has 0 fully saturated rings. The molecular formula is C12H15FO. The van der Waals surface area contributed by atoms with Gasteiger partial charge in [-0.1, -0.05) is 19.9 Å². The molecule has 1 heterocycles. The molecule has 0 spiro atoms. The summed E-state index contributed by atoms with van der Waals surface area (Å²) >= 11 is 0. The number of halogens is 1. The van der Waals surface area contributed by atoms with Crippen molar-refractivity contribution in [3.05, 3.63) is 29.6 Å². The second-order valence-corrected chi connectivity index (χ2v) is 4.50. The average Bonchev–Trinajstić information content (AvgIpc) is 2.42. The molecule has 0 radical (unpaired) electrons. The minimum absolute atomic E-state index is 0.171. The standard InChI is InChI=1S/C12H15FO/c1-8(2)12(3)7-9-4-5-10(13)6-11(9)14-12/h4-6,8H,7H2,1-3H3. The van der Waals surface area contributed by atoms with Crippen molar-refractivity contribution in [3.8, 4) is 5.75 Å². The van der Waals surface area contributed by atoms with Gasteiger partial charge in [0.15, 0.2) is 0 Å². The highest BCUT2D eigenvalue weighted by molar-refractivity contribution is 5.39. The summed E-state index contributed by atoms with van der Waals surface area (Å²) in [5, 5.41) is 0. The fourth-order valence-corrected chi connectivity index (χ4v) is 1.76. The first-order valence-corrected chi connectivity index (χ1v) is 4.99. The number of hydrogen-bond acceptors (Lipinski definition) is 1. The summed E-state index contributed by atoms with van der Waals surface area (Å²) in [4.78, 5) is 0. The smallest absolute Gasteiger partial charge is 0.126 e. The van der Waals surface area contributed by atoms with Gasteiger partial charge in [-0.2, -0.15) is 0 Å². The first-order chi connectivity index (χ1) is 6.51. The molecule has 1 atom stereocenters. The molecule has 0 saturated heterocycles. The Morgan fingerprint density at radius 2 is 2.14 bits per heavy atom. The van der Waals surface area contributed by atoms with Crippen LogP contribution in [0.3, 0.4) is 0 Å². The van der Waals surface area contributed by atoms with Crippen molar-refractivity contribution in [3.63, 3.8) is 0 Å². The third-order valence-corrected chi connectivity index (χ3v) is 3.14. The van der Waals surface area contributed by atoms with E-state index in [-0.39, 0.29) is 11.4 Å². The Bertz CT molecular complexity index is 359. The number of benzene rings is 1. The predicted octanol–water partition coefficient (Wildman–Crippen LogP) is 3.18. The lowest BCUT2D eigenvalue weighted by atomic mass is 9.88. The molecule has 1 aromatic rings. The number of fused-ring (bicyclic) bond motifs is 1. The molecule has 0 saturated carbocycles. The topological polar surface area (TPSA) is 9.23 Å². The second-order valence-electron chi connectivity index (χ2n) is 4.50. The van der Waals surface area contributed by atoms with E-state index in [1.54, 1.807) is 0 Å². The maximum atomic E-state index is 12.9. The monoisotopic (exact) mass is 194 g/mol. The first kappa shape index (κ1) is 9.50. The highest BCUT2D eigenvalue weighted by Crippen LogP contribution is 2.39. The fraction of sp³-hybridized carbons (Fsp3) is 0.500. The van der Waals surface area contributed by atoms with Gasteiger partial charge >= 0.3 is 0 Å². The van der Waals surface area contributed by atoms with Crippen LogP contribution in [0.15, 0.2) is 18.2 Å². The molecular weight excluding hydrogens is 179 g/mol. The number of ether oxygens (including phenoxy) is 1. The Morgan fingerprint density at radius 1 is 1.43 bits per heavy atom. The summed E-state index contributed by atoms with van der Waals surface area (Å²) in [7, 11) is 0. The van der Waals surface area contributed by atoms with E-state index in [1.165, 1.54) is 12.1 Å². The van der Waals surface area contributed by atoms with E-state index in [0.717, 1.165) is 12.0 Å². The Hall–Kier alpha value is -1.05. The van der Waals surface area contributed by atoms with Gasteiger partial charge in [0.25, 0.3) is 0 Å². The van der Waals surface area contributed by atoms with Crippen molar-refractivity contribution in [1.82, 2.24) is 0 Å². The zero-order valence-electron chi connectivity index (χ0n) is 8.80. The highest BCUT2D eigenvalue weighted by atomic mass is 19.1. The minimum atomic E-state index is -0.225. The molecule has 1 nitrogen and oxygen atoms in total. The zero-order valence-corrected chi connectivity index (χ0v) is 8.80. The summed E-state index contributed by atoms with van der Waals surface area (Å²) in [5.41, 5.74) is 0.943. The lowest BCUT2D eigenvalue weighted by Gasteiger charge is -2.28. The number of rotatable bonds is 1. The van der Waals surface area contributed by atoms with Gasteiger partial charge in [0.2, 0.25) is 0 Å². The lowest BCUT2D eigenvalue weighted by molar-refractivity contribution is 0.0644. The molecule has 2 heteroatoms. The normalized spacial score (nSPS) is 24.9. The van der Waals surface area contributed by atoms with Crippen LogP contribution >= 0.6 is 0 Å². The minimum Gasteiger partial charge on any atom is -0.487 e. The molecule has 0 bridgehead atoms. The molecule has 0 N–H and O–H groups in total. The molecule has 0 aliphatic carbocycles. The van der Waals surface area contributed by atoms with Crippen molar-refractivity contribution < 1.29 is 9.13 Å². The van der Waals surface area contributed by atoms with E-state index in [4.69, 9.17) is 4.74 Å². The van der Waals surface area contributed by atoms with Gasteiger partial charge in [-0.15, -0.1) is 0 Å². The molecule has 0 aromatic heterocycles. The van der Waals surface area contributed by atoms with Gasteiger partial charge in [0, 0.05) is 12.5 Å². The maximum absolute atomic E-state index is 12.9. The van der Waals surface area contributed by atoms with Crippen molar-refractivity contribution in [1.29, 1.82) is 0 Å². The Morgan fingerprint density at radius 3 is 2.79 bits per heavy atom. The van der Waals surface area contributed by atoms with Crippen LogP contribution in [0.2, 0.25) is 0 Å². The van der Waals surface area contributed by atoms with Gasteiger partial charge in [-0.05, 0) is 24.5 Å². The van der Waals surface area contributed by atoms with E-state index >= 15 is 0 Å². The largest absolute Gasteiger partial charge is 0.487 e.